The molecule has 1 unspecified atom stereocenters. The third kappa shape index (κ3) is 3.76. The Kier molecular flexibility index (Phi) is 4.92. The molecule has 1 aliphatic rings. The summed E-state index contributed by atoms with van der Waals surface area (Å²) in [6.07, 6.45) is 5.41. The summed E-state index contributed by atoms with van der Waals surface area (Å²) in [7, 11) is 0. The van der Waals surface area contributed by atoms with Gasteiger partial charge < -0.3 is 9.64 Å². The SMILES string of the molecule is O=C(c1ccc(I)cc1)N1CCCC(Oc2ccncc2)C1. The molecule has 1 aromatic heterocycles. The minimum atomic E-state index is 0.0453. The third-order valence-corrected chi connectivity index (χ3v) is 4.43. The third-order valence-electron chi connectivity index (χ3n) is 3.71. The molecule has 5 heteroatoms. The van der Waals surface area contributed by atoms with Crippen molar-refractivity contribution < 1.29 is 9.53 Å². The Morgan fingerprint density at radius 3 is 2.64 bits per heavy atom. The molecule has 0 saturated carbocycles. The largest absolute Gasteiger partial charge is 0.488 e. The van der Waals surface area contributed by atoms with Gasteiger partial charge in [0.05, 0.1) is 6.54 Å². The lowest BCUT2D eigenvalue weighted by Gasteiger charge is -2.33. The number of hydrogen-bond acceptors (Lipinski definition) is 3. The first-order chi connectivity index (χ1) is 10.7. The standard InChI is InChI=1S/C17H17IN2O2/c18-14-5-3-13(4-6-14)17(21)20-11-1-2-16(12-20)22-15-7-9-19-10-8-15/h3-10,16H,1-2,11-12H2. The molecular weight excluding hydrogens is 391 g/mol. The van der Waals surface area contributed by atoms with Gasteiger partial charge in [-0.05, 0) is 71.8 Å². The molecule has 1 amide bonds. The maximum atomic E-state index is 12.6. The number of hydrogen-bond donors (Lipinski definition) is 0. The van der Waals surface area contributed by atoms with Gasteiger partial charge in [0.2, 0.25) is 0 Å². The number of ether oxygens (including phenoxy) is 1. The molecule has 114 valence electrons. The van der Waals surface area contributed by atoms with Crippen LogP contribution < -0.4 is 4.74 Å². The van der Waals surface area contributed by atoms with Crippen LogP contribution in [0.5, 0.6) is 5.75 Å². The van der Waals surface area contributed by atoms with Gasteiger partial charge >= 0.3 is 0 Å². The highest BCUT2D eigenvalue weighted by molar-refractivity contribution is 14.1. The Morgan fingerprint density at radius 1 is 1.18 bits per heavy atom. The van der Waals surface area contributed by atoms with Gasteiger partial charge in [-0.3, -0.25) is 9.78 Å². The maximum Gasteiger partial charge on any atom is 0.253 e. The number of carbonyl (C=O) groups excluding carboxylic acids is 1. The van der Waals surface area contributed by atoms with E-state index in [0.717, 1.165) is 34.3 Å². The Bertz CT molecular complexity index is 631. The molecule has 4 nitrogen and oxygen atoms in total. The van der Waals surface area contributed by atoms with Crippen LogP contribution >= 0.6 is 22.6 Å². The average Bonchev–Trinajstić information content (AvgIpc) is 2.56. The van der Waals surface area contributed by atoms with Crippen molar-refractivity contribution in [3.05, 3.63) is 57.9 Å². The number of nitrogens with zero attached hydrogens (tertiary/aromatic N) is 2. The van der Waals surface area contributed by atoms with Crippen LogP contribution in [0.1, 0.15) is 23.2 Å². The predicted molar refractivity (Wildman–Crippen MR) is 92.9 cm³/mol. The number of benzene rings is 1. The highest BCUT2D eigenvalue weighted by Gasteiger charge is 2.25. The first-order valence-corrected chi connectivity index (χ1v) is 8.42. The van der Waals surface area contributed by atoms with Crippen LogP contribution in [-0.4, -0.2) is 35.0 Å². The maximum absolute atomic E-state index is 12.6. The smallest absolute Gasteiger partial charge is 0.253 e. The fourth-order valence-electron chi connectivity index (χ4n) is 2.60. The Morgan fingerprint density at radius 2 is 1.91 bits per heavy atom. The molecule has 3 rings (SSSR count). The second-order valence-corrected chi connectivity index (χ2v) is 6.57. The van der Waals surface area contributed by atoms with Gasteiger partial charge in [0, 0.05) is 28.1 Å². The molecule has 0 radical (unpaired) electrons. The van der Waals surface area contributed by atoms with Crippen molar-refractivity contribution >= 4 is 28.5 Å². The Balaban J connectivity index is 1.65. The van der Waals surface area contributed by atoms with Crippen molar-refractivity contribution in [2.75, 3.05) is 13.1 Å². The van der Waals surface area contributed by atoms with Gasteiger partial charge in [0.1, 0.15) is 11.9 Å². The van der Waals surface area contributed by atoms with Crippen LogP contribution in [0, 0.1) is 3.57 Å². The van der Waals surface area contributed by atoms with E-state index >= 15 is 0 Å². The molecule has 1 aromatic carbocycles. The summed E-state index contributed by atoms with van der Waals surface area (Å²) < 4.78 is 7.09. The molecule has 1 fully saturated rings. The quantitative estimate of drug-likeness (QED) is 0.732. The highest BCUT2D eigenvalue weighted by atomic mass is 127. The number of pyridine rings is 1. The molecule has 2 heterocycles. The van der Waals surface area contributed by atoms with Crippen LogP contribution in [0.4, 0.5) is 0 Å². The van der Waals surface area contributed by atoms with Gasteiger partial charge in [-0.1, -0.05) is 0 Å². The van der Waals surface area contributed by atoms with Gasteiger partial charge in [-0.25, -0.2) is 0 Å². The summed E-state index contributed by atoms with van der Waals surface area (Å²) >= 11 is 2.24. The first-order valence-electron chi connectivity index (χ1n) is 7.34. The van der Waals surface area contributed by atoms with E-state index in [1.54, 1.807) is 12.4 Å². The van der Waals surface area contributed by atoms with E-state index in [1.165, 1.54) is 0 Å². The number of carbonyl (C=O) groups is 1. The number of likely N-dealkylation sites (tertiary alicyclic amines) is 1. The molecule has 0 aliphatic carbocycles. The number of aromatic nitrogens is 1. The fraction of sp³-hybridized carbons (Fsp3) is 0.294. The second-order valence-electron chi connectivity index (χ2n) is 5.32. The highest BCUT2D eigenvalue weighted by Crippen LogP contribution is 2.19. The van der Waals surface area contributed by atoms with Gasteiger partial charge in [-0.2, -0.15) is 0 Å². The summed E-state index contributed by atoms with van der Waals surface area (Å²) in [5.74, 6) is 0.892. The van der Waals surface area contributed by atoms with Crippen LogP contribution in [0.25, 0.3) is 0 Å². The minimum absolute atomic E-state index is 0.0453. The van der Waals surface area contributed by atoms with Crippen LogP contribution in [0.2, 0.25) is 0 Å². The zero-order valence-corrected chi connectivity index (χ0v) is 14.3. The molecule has 0 spiro atoms. The van der Waals surface area contributed by atoms with Gasteiger partial charge in [-0.15, -0.1) is 0 Å². The monoisotopic (exact) mass is 408 g/mol. The van der Waals surface area contributed by atoms with Crippen molar-refractivity contribution in [3.8, 4) is 5.75 Å². The lowest BCUT2D eigenvalue weighted by molar-refractivity contribution is 0.0537. The molecule has 1 aliphatic heterocycles. The molecule has 0 N–H and O–H groups in total. The van der Waals surface area contributed by atoms with Gasteiger partial charge in [0.25, 0.3) is 5.91 Å². The van der Waals surface area contributed by atoms with E-state index in [1.807, 2.05) is 41.3 Å². The number of halogens is 1. The normalized spacial score (nSPS) is 18.0. The van der Waals surface area contributed by atoms with Crippen molar-refractivity contribution in [3.63, 3.8) is 0 Å². The van der Waals surface area contributed by atoms with Crippen LogP contribution in [0.3, 0.4) is 0 Å². The summed E-state index contributed by atoms with van der Waals surface area (Å²) in [6, 6.07) is 11.4. The topological polar surface area (TPSA) is 42.4 Å². The molecule has 0 bridgehead atoms. The predicted octanol–water partition coefficient (Wildman–Crippen LogP) is 3.37. The summed E-state index contributed by atoms with van der Waals surface area (Å²) in [4.78, 5) is 18.4. The lowest BCUT2D eigenvalue weighted by Crippen LogP contribution is -2.44. The van der Waals surface area contributed by atoms with Crippen molar-refractivity contribution in [2.45, 2.75) is 18.9 Å². The van der Waals surface area contributed by atoms with Crippen LogP contribution in [-0.2, 0) is 0 Å². The van der Waals surface area contributed by atoms with Crippen molar-refractivity contribution in [1.82, 2.24) is 9.88 Å². The Hall–Kier alpha value is -1.63. The van der Waals surface area contributed by atoms with E-state index in [0.29, 0.717) is 6.54 Å². The van der Waals surface area contributed by atoms with E-state index in [9.17, 15) is 4.79 Å². The summed E-state index contributed by atoms with van der Waals surface area (Å²) in [5.41, 5.74) is 0.741. The molecule has 2 aromatic rings. The summed E-state index contributed by atoms with van der Waals surface area (Å²) in [6.45, 7) is 1.42. The summed E-state index contributed by atoms with van der Waals surface area (Å²) in [5, 5.41) is 0. The fourth-order valence-corrected chi connectivity index (χ4v) is 2.96. The van der Waals surface area contributed by atoms with E-state index in [-0.39, 0.29) is 12.0 Å². The van der Waals surface area contributed by atoms with Crippen molar-refractivity contribution in [1.29, 1.82) is 0 Å². The number of piperidine rings is 1. The van der Waals surface area contributed by atoms with Gasteiger partial charge in [0.15, 0.2) is 0 Å². The minimum Gasteiger partial charge on any atom is -0.488 e. The van der Waals surface area contributed by atoms with Crippen LogP contribution in [0.15, 0.2) is 48.8 Å². The Labute approximate surface area is 143 Å². The zero-order valence-electron chi connectivity index (χ0n) is 12.1. The zero-order chi connectivity index (χ0) is 15.4. The second kappa shape index (κ2) is 7.09. The molecule has 1 atom stereocenters. The first kappa shape index (κ1) is 15.3. The van der Waals surface area contributed by atoms with Crippen molar-refractivity contribution in [2.24, 2.45) is 0 Å². The molecule has 1 saturated heterocycles. The van der Waals surface area contributed by atoms with E-state index in [2.05, 4.69) is 27.6 Å². The van der Waals surface area contributed by atoms with E-state index in [4.69, 9.17) is 4.74 Å². The molecular formula is C17H17IN2O2. The number of amides is 1. The lowest BCUT2D eigenvalue weighted by atomic mass is 10.1. The molecule has 22 heavy (non-hydrogen) atoms. The average molecular weight is 408 g/mol. The number of rotatable bonds is 3. The van der Waals surface area contributed by atoms with E-state index < -0.39 is 0 Å².